The summed E-state index contributed by atoms with van der Waals surface area (Å²) in [6, 6.07) is 9.04. The van der Waals surface area contributed by atoms with Crippen molar-refractivity contribution < 1.29 is 14.5 Å². The van der Waals surface area contributed by atoms with Gasteiger partial charge < -0.3 is 10.6 Å². The molecule has 31 heavy (non-hydrogen) atoms. The first-order valence-electron chi connectivity index (χ1n) is 9.60. The van der Waals surface area contributed by atoms with Gasteiger partial charge in [0.2, 0.25) is 0 Å². The van der Waals surface area contributed by atoms with Gasteiger partial charge in [0.1, 0.15) is 18.3 Å². The Kier molecular flexibility index (Phi) is 6.39. The number of carbonyl (C=O) groups is 2. The van der Waals surface area contributed by atoms with Crippen LogP contribution in [0.4, 0.5) is 11.4 Å². The lowest BCUT2D eigenvalue weighted by atomic mass is 10.1. The Labute approximate surface area is 178 Å². The normalized spacial score (nSPS) is 10.7. The van der Waals surface area contributed by atoms with Crippen molar-refractivity contribution in [2.45, 2.75) is 20.8 Å². The molecule has 2 amide bonds. The molecule has 0 saturated carbocycles. The smallest absolute Gasteiger partial charge is 0.295 e. The molecule has 2 aromatic carbocycles. The van der Waals surface area contributed by atoms with Crippen LogP contribution in [0, 0.1) is 23.0 Å². The molecule has 0 atom stereocenters. The summed E-state index contributed by atoms with van der Waals surface area (Å²) in [6.07, 6.45) is 2.60. The third-order valence-electron chi connectivity index (χ3n) is 4.51. The van der Waals surface area contributed by atoms with Gasteiger partial charge in [-0.25, -0.2) is 9.67 Å². The molecule has 0 fully saturated rings. The van der Waals surface area contributed by atoms with Gasteiger partial charge in [-0.1, -0.05) is 13.8 Å². The molecule has 0 bridgehead atoms. The lowest BCUT2D eigenvalue weighted by Crippen LogP contribution is -2.27. The molecule has 0 saturated heterocycles. The molecule has 0 spiro atoms. The van der Waals surface area contributed by atoms with Crippen molar-refractivity contribution in [2.24, 2.45) is 5.92 Å². The number of nitrogens with zero attached hydrogens (tertiary/aromatic N) is 4. The quantitative estimate of drug-likeness (QED) is 0.444. The maximum atomic E-state index is 12.7. The summed E-state index contributed by atoms with van der Waals surface area (Å²) >= 11 is 0. The van der Waals surface area contributed by atoms with E-state index in [2.05, 4.69) is 20.7 Å². The summed E-state index contributed by atoms with van der Waals surface area (Å²) in [5.41, 5.74) is 1.74. The number of aromatic nitrogens is 3. The lowest BCUT2D eigenvalue weighted by Gasteiger charge is -2.12. The number of benzene rings is 2. The van der Waals surface area contributed by atoms with Crippen molar-refractivity contribution in [3.05, 3.63) is 75.9 Å². The second-order valence-corrected chi connectivity index (χ2v) is 7.39. The van der Waals surface area contributed by atoms with Crippen LogP contribution in [0.1, 0.15) is 40.1 Å². The fourth-order valence-electron chi connectivity index (χ4n) is 2.88. The molecular formula is C21H22N6O4. The third kappa shape index (κ3) is 5.10. The topological polar surface area (TPSA) is 132 Å². The van der Waals surface area contributed by atoms with Crippen LogP contribution in [0.25, 0.3) is 5.69 Å². The molecule has 160 valence electrons. The van der Waals surface area contributed by atoms with Crippen molar-refractivity contribution in [1.29, 1.82) is 0 Å². The Morgan fingerprint density at radius 1 is 1.13 bits per heavy atom. The van der Waals surface area contributed by atoms with Crippen molar-refractivity contribution in [1.82, 2.24) is 20.1 Å². The molecule has 0 aliphatic rings. The van der Waals surface area contributed by atoms with E-state index in [4.69, 9.17) is 0 Å². The fourth-order valence-corrected chi connectivity index (χ4v) is 2.88. The van der Waals surface area contributed by atoms with Crippen LogP contribution in [0.3, 0.4) is 0 Å². The first-order chi connectivity index (χ1) is 14.8. The number of amides is 2. The summed E-state index contributed by atoms with van der Waals surface area (Å²) in [6.45, 7) is 6.35. The van der Waals surface area contributed by atoms with Crippen LogP contribution < -0.4 is 10.6 Å². The van der Waals surface area contributed by atoms with E-state index in [1.165, 1.54) is 35.5 Å². The SMILES string of the molecule is Cc1cc(C(=O)NCC(C)C)ccc1NC(=O)c1ccc(-n2cncn2)c([N+](=O)[O-])c1. The molecule has 0 aliphatic carbocycles. The highest BCUT2D eigenvalue weighted by Crippen LogP contribution is 2.25. The number of nitro groups is 1. The molecule has 0 aliphatic heterocycles. The van der Waals surface area contributed by atoms with Crippen LogP contribution in [-0.2, 0) is 0 Å². The molecule has 3 rings (SSSR count). The zero-order chi connectivity index (χ0) is 22.5. The number of hydrogen-bond acceptors (Lipinski definition) is 6. The highest BCUT2D eigenvalue weighted by molar-refractivity contribution is 6.05. The Balaban J connectivity index is 1.79. The average molecular weight is 422 g/mol. The summed E-state index contributed by atoms with van der Waals surface area (Å²) in [5, 5.41) is 21.0. The van der Waals surface area contributed by atoms with Gasteiger partial charge >= 0.3 is 0 Å². The Morgan fingerprint density at radius 3 is 2.45 bits per heavy atom. The zero-order valence-electron chi connectivity index (χ0n) is 17.3. The Bertz CT molecular complexity index is 1120. The standard InChI is InChI=1S/C21H22N6O4/c1-13(2)10-23-20(28)15-4-6-17(14(3)8-15)25-21(29)16-5-7-18(19(9-16)27(30)31)26-12-22-11-24-26/h4-9,11-13H,10H2,1-3H3,(H,23,28)(H,25,29). The van der Waals surface area contributed by atoms with Gasteiger partial charge in [-0.2, -0.15) is 5.10 Å². The summed E-state index contributed by atoms with van der Waals surface area (Å²) in [7, 11) is 0. The third-order valence-corrected chi connectivity index (χ3v) is 4.51. The minimum Gasteiger partial charge on any atom is -0.352 e. The van der Waals surface area contributed by atoms with E-state index in [1.807, 2.05) is 13.8 Å². The van der Waals surface area contributed by atoms with Gasteiger partial charge in [0.25, 0.3) is 17.5 Å². The number of aryl methyl sites for hydroxylation is 1. The van der Waals surface area contributed by atoms with Crippen molar-refractivity contribution in [3.63, 3.8) is 0 Å². The van der Waals surface area contributed by atoms with Gasteiger partial charge in [-0.3, -0.25) is 19.7 Å². The van der Waals surface area contributed by atoms with E-state index in [1.54, 1.807) is 25.1 Å². The number of carbonyl (C=O) groups excluding carboxylic acids is 2. The lowest BCUT2D eigenvalue weighted by molar-refractivity contribution is -0.384. The van der Waals surface area contributed by atoms with Gasteiger partial charge in [0.05, 0.1) is 4.92 Å². The fraction of sp³-hybridized carbons (Fsp3) is 0.238. The first-order valence-corrected chi connectivity index (χ1v) is 9.60. The second-order valence-electron chi connectivity index (χ2n) is 7.39. The predicted octanol–water partition coefficient (Wildman–Crippen LogP) is 3.12. The summed E-state index contributed by atoms with van der Waals surface area (Å²) in [5.74, 6) is -0.356. The van der Waals surface area contributed by atoms with Gasteiger partial charge in [0.15, 0.2) is 0 Å². The molecule has 10 nitrogen and oxygen atoms in total. The zero-order valence-corrected chi connectivity index (χ0v) is 17.3. The van der Waals surface area contributed by atoms with Gasteiger partial charge in [-0.15, -0.1) is 0 Å². The van der Waals surface area contributed by atoms with E-state index >= 15 is 0 Å². The number of nitrogens with one attached hydrogen (secondary N) is 2. The van der Waals surface area contributed by atoms with Crippen LogP contribution in [0.15, 0.2) is 49.1 Å². The molecule has 1 heterocycles. The highest BCUT2D eigenvalue weighted by atomic mass is 16.6. The second kappa shape index (κ2) is 9.16. The largest absolute Gasteiger partial charge is 0.352 e. The molecule has 2 N–H and O–H groups in total. The number of nitro benzene ring substituents is 1. The van der Waals surface area contributed by atoms with Gasteiger partial charge in [0, 0.05) is 29.4 Å². The van der Waals surface area contributed by atoms with E-state index in [9.17, 15) is 19.7 Å². The summed E-state index contributed by atoms with van der Waals surface area (Å²) < 4.78 is 1.26. The van der Waals surface area contributed by atoms with E-state index < -0.39 is 10.8 Å². The maximum Gasteiger partial charge on any atom is 0.295 e. The average Bonchev–Trinajstić information content (AvgIpc) is 3.27. The number of anilines is 1. The number of hydrogen-bond donors (Lipinski definition) is 2. The van der Waals surface area contributed by atoms with E-state index in [0.717, 1.165) is 0 Å². The van der Waals surface area contributed by atoms with Crippen LogP contribution >= 0.6 is 0 Å². The Morgan fingerprint density at radius 2 is 1.84 bits per heavy atom. The van der Waals surface area contributed by atoms with Crippen molar-refractivity contribution >= 4 is 23.2 Å². The molecule has 3 aromatic rings. The molecular weight excluding hydrogens is 400 g/mol. The van der Waals surface area contributed by atoms with E-state index in [0.29, 0.717) is 29.3 Å². The van der Waals surface area contributed by atoms with E-state index in [-0.39, 0.29) is 22.8 Å². The predicted molar refractivity (Wildman–Crippen MR) is 114 cm³/mol. The number of rotatable bonds is 7. The molecule has 0 radical (unpaired) electrons. The van der Waals surface area contributed by atoms with Crippen LogP contribution in [-0.4, -0.2) is 38.0 Å². The molecule has 1 aromatic heterocycles. The first kappa shape index (κ1) is 21.6. The highest BCUT2D eigenvalue weighted by Gasteiger charge is 2.20. The van der Waals surface area contributed by atoms with Crippen LogP contribution in [0.5, 0.6) is 0 Å². The van der Waals surface area contributed by atoms with Gasteiger partial charge in [-0.05, 0) is 48.7 Å². The van der Waals surface area contributed by atoms with Crippen molar-refractivity contribution in [2.75, 3.05) is 11.9 Å². The summed E-state index contributed by atoms with van der Waals surface area (Å²) in [4.78, 5) is 39.6. The maximum absolute atomic E-state index is 12.7. The molecule has 0 unspecified atom stereocenters. The van der Waals surface area contributed by atoms with Crippen LogP contribution in [0.2, 0.25) is 0 Å². The monoisotopic (exact) mass is 422 g/mol. The van der Waals surface area contributed by atoms with Crippen molar-refractivity contribution in [3.8, 4) is 5.69 Å². The Hall–Kier alpha value is -4.08. The minimum absolute atomic E-state index is 0.119. The molecule has 10 heteroatoms. The minimum atomic E-state index is -0.580.